The van der Waals surface area contributed by atoms with Crippen LogP contribution in [-0.2, 0) is 13.0 Å². The molecule has 0 radical (unpaired) electrons. The van der Waals surface area contributed by atoms with Crippen LogP contribution in [0.2, 0.25) is 0 Å². The number of methoxy groups -OCH3 is 2. The fourth-order valence-corrected chi connectivity index (χ4v) is 2.56. The second kappa shape index (κ2) is 4.97. The second-order valence-electron chi connectivity index (χ2n) is 3.77. The maximum Gasteiger partial charge on any atom is 0.161 e. The zero-order valence-corrected chi connectivity index (χ0v) is 10.8. The summed E-state index contributed by atoms with van der Waals surface area (Å²) < 4.78 is 13.0. The van der Waals surface area contributed by atoms with Gasteiger partial charge in [0, 0.05) is 13.1 Å². The van der Waals surface area contributed by atoms with Gasteiger partial charge in [0.25, 0.3) is 0 Å². The molecule has 0 unspecified atom stereocenters. The SMILES string of the molecule is COc1cc2c(cc1OC)CN(SC)CC2. The molecule has 1 heterocycles. The van der Waals surface area contributed by atoms with E-state index in [9.17, 15) is 0 Å². The molecular formula is C12H17NO2S. The Morgan fingerprint density at radius 1 is 1.12 bits per heavy atom. The smallest absolute Gasteiger partial charge is 0.161 e. The number of benzene rings is 1. The Bertz CT molecular complexity index is 382. The number of hydrogen-bond donors (Lipinski definition) is 0. The lowest BCUT2D eigenvalue weighted by atomic mass is 10.0. The number of ether oxygens (including phenoxy) is 2. The van der Waals surface area contributed by atoms with Crippen molar-refractivity contribution in [2.75, 3.05) is 27.0 Å². The number of nitrogens with zero attached hydrogens (tertiary/aromatic N) is 1. The largest absolute Gasteiger partial charge is 0.493 e. The van der Waals surface area contributed by atoms with Gasteiger partial charge < -0.3 is 9.47 Å². The first-order valence-electron chi connectivity index (χ1n) is 5.31. The van der Waals surface area contributed by atoms with E-state index >= 15 is 0 Å². The van der Waals surface area contributed by atoms with Gasteiger partial charge in [-0.15, -0.1) is 0 Å². The summed E-state index contributed by atoms with van der Waals surface area (Å²) in [6.07, 6.45) is 3.20. The molecular weight excluding hydrogens is 222 g/mol. The Kier molecular flexibility index (Phi) is 3.61. The van der Waals surface area contributed by atoms with Crippen molar-refractivity contribution < 1.29 is 9.47 Å². The third kappa shape index (κ3) is 2.13. The van der Waals surface area contributed by atoms with Crippen LogP contribution in [-0.4, -0.2) is 31.3 Å². The summed E-state index contributed by atoms with van der Waals surface area (Å²) in [6.45, 7) is 2.08. The van der Waals surface area contributed by atoms with Crippen molar-refractivity contribution in [2.24, 2.45) is 0 Å². The molecule has 0 amide bonds. The fourth-order valence-electron chi connectivity index (χ4n) is 2.01. The number of fused-ring (bicyclic) bond motifs is 1. The zero-order chi connectivity index (χ0) is 11.5. The maximum atomic E-state index is 5.32. The van der Waals surface area contributed by atoms with E-state index in [0.29, 0.717) is 0 Å². The molecule has 0 fully saturated rings. The predicted molar refractivity (Wildman–Crippen MR) is 67.2 cm³/mol. The Morgan fingerprint density at radius 3 is 2.31 bits per heavy atom. The first-order valence-corrected chi connectivity index (χ1v) is 6.49. The lowest BCUT2D eigenvalue weighted by Gasteiger charge is -2.27. The van der Waals surface area contributed by atoms with E-state index in [1.165, 1.54) is 11.1 Å². The summed E-state index contributed by atoms with van der Waals surface area (Å²) in [6, 6.07) is 4.20. The Morgan fingerprint density at radius 2 is 1.75 bits per heavy atom. The monoisotopic (exact) mass is 239 g/mol. The van der Waals surface area contributed by atoms with Crippen LogP contribution in [0.15, 0.2) is 12.1 Å². The lowest BCUT2D eigenvalue weighted by molar-refractivity contribution is 0.351. The molecule has 1 aliphatic heterocycles. The first-order chi connectivity index (χ1) is 7.78. The first kappa shape index (κ1) is 11.6. The molecule has 88 valence electrons. The zero-order valence-electron chi connectivity index (χ0n) is 9.95. The molecule has 1 aliphatic rings. The summed E-state index contributed by atoms with van der Waals surface area (Å²) in [5, 5.41) is 0. The average Bonchev–Trinajstić information content (AvgIpc) is 2.36. The quantitative estimate of drug-likeness (QED) is 0.755. The minimum Gasteiger partial charge on any atom is -0.493 e. The van der Waals surface area contributed by atoms with Gasteiger partial charge in [0.15, 0.2) is 11.5 Å². The van der Waals surface area contributed by atoms with Crippen molar-refractivity contribution in [1.29, 1.82) is 0 Å². The van der Waals surface area contributed by atoms with Gasteiger partial charge in [0.1, 0.15) is 0 Å². The highest BCUT2D eigenvalue weighted by Gasteiger charge is 2.18. The normalized spacial score (nSPS) is 15.7. The van der Waals surface area contributed by atoms with Crippen molar-refractivity contribution in [2.45, 2.75) is 13.0 Å². The van der Waals surface area contributed by atoms with E-state index in [1.807, 2.05) is 0 Å². The van der Waals surface area contributed by atoms with Gasteiger partial charge in [-0.25, -0.2) is 4.31 Å². The second-order valence-corrected chi connectivity index (χ2v) is 4.65. The molecule has 2 rings (SSSR count). The molecule has 0 saturated heterocycles. The molecule has 0 N–H and O–H groups in total. The molecule has 0 aromatic heterocycles. The topological polar surface area (TPSA) is 21.7 Å². The predicted octanol–water partition coefficient (Wildman–Crippen LogP) is 2.34. The Hall–Kier alpha value is -0.870. The van der Waals surface area contributed by atoms with Gasteiger partial charge in [-0.05, 0) is 35.9 Å². The van der Waals surface area contributed by atoms with Crippen molar-refractivity contribution in [1.82, 2.24) is 4.31 Å². The van der Waals surface area contributed by atoms with Crippen LogP contribution in [0.1, 0.15) is 11.1 Å². The highest BCUT2D eigenvalue weighted by atomic mass is 32.2. The van der Waals surface area contributed by atoms with Crippen LogP contribution < -0.4 is 9.47 Å². The Balaban J connectivity index is 2.34. The van der Waals surface area contributed by atoms with Crippen LogP contribution in [0.25, 0.3) is 0 Å². The van der Waals surface area contributed by atoms with Gasteiger partial charge in [-0.2, -0.15) is 0 Å². The average molecular weight is 239 g/mol. The molecule has 0 spiro atoms. The van der Waals surface area contributed by atoms with Crippen molar-refractivity contribution >= 4 is 11.9 Å². The number of rotatable bonds is 3. The van der Waals surface area contributed by atoms with Gasteiger partial charge in [-0.3, -0.25) is 0 Å². The minimum absolute atomic E-state index is 0.823. The standard InChI is InChI=1S/C12H17NO2S/c1-14-11-6-9-4-5-13(16-3)8-10(9)7-12(11)15-2/h6-7H,4-5,8H2,1-3H3. The van der Waals surface area contributed by atoms with Crippen LogP contribution in [0.4, 0.5) is 0 Å². The van der Waals surface area contributed by atoms with Crippen LogP contribution in [0.3, 0.4) is 0 Å². The third-order valence-electron chi connectivity index (χ3n) is 2.94. The van der Waals surface area contributed by atoms with Crippen molar-refractivity contribution in [3.63, 3.8) is 0 Å². The van der Waals surface area contributed by atoms with E-state index in [-0.39, 0.29) is 0 Å². The summed E-state index contributed by atoms with van der Waals surface area (Å²) in [4.78, 5) is 0. The maximum absolute atomic E-state index is 5.32. The van der Waals surface area contributed by atoms with E-state index < -0.39 is 0 Å². The molecule has 0 atom stereocenters. The highest BCUT2D eigenvalue weighted by molar-refractivity contribution is 7.96. The van der Waals surface area contributed by atoms with Gasteiger partial charge in [-0.1, -0.05) is 11.9 Å². The van der Waals surface area contributed by atoms with Crippen LogP contribution in [0.5, 0.6) is 11.5 Å². The molecule has 0 saturated carbocycles. The molecule has 0 aliphatic carbocycles. The molecule has 4 heteroatoms. The van der Waals surface area contributed by atoms with E-state index in [4.69, 9.17) is 9.47 Å². The summed E-state index contributed by atoms with van der Waals surface area (Å²) >= 11 is 1.79. The highest BCUT2D eigenvalue weighted by Crippen LogP contribution is 2.34. The summed E-state index contributed by atoms with van der Waals surface area (Å²) in [5.74, 6) is 1.66. The van der Waals surface area contributed by atoms with Crippen LogP contribution >= 0.6 is 11.9 Å². The molecule has 0 bridgehead atoms. The lowest BCUT2D eigenvalue weighted by Crippen LogP contribution is -2.24. The van der Waals surface area contributed by atoms with Crippen LogP contribution in [0, 0.1) is 0 Å². The number of hydrogen-bond acceptors (Lipinski definition) is 4. The van der Waals surface area contributed by atoms with Gasteiger partial charge in [0.05, 0.1) is 14.2 Å². The van der Waals surface area contributed by atoms with E-state index in [1.54, 1.807) is 26.2 Å². The molecule has 1 aromatic carbocycles. The molecule has 1 aromatic rings. The van der Waals surface area contributed by atoms with Crippen molar-refractivity contribution in [3.8, 4) is 11.5 Å². The van der Waals surface area contributed by atoms with Crippen molar-refractivity contribution in [3.05, 3.63) is 23.3 Å². The summed E-state index contributed by atoms with van der Waals surface area (Å²) in [5.41, 5.74) is 2.72. The Labute approximate surface area is 101 Å². The van der Waals surface area contributed by atoms with Gasteiger partial charge >= 0.3 is 0 Å². The minimum atomic E-state index is 0.823. The molecule has 3 nitrogen and oxygen atoms in total. The van der Waals surface area contributed by atoms with E-state index in [0.717, 1.165) is 31.0 Å². The van der Waals surface area contributed by atoms with Gasteiger partial charge in [0.2, 0.25) is 0 Å². The molecule has 16 heavy (non-hydrogen) atoms. The third-order valence-corrected chi connectivity index (χ3v) is 3.77. The van der Waals surface area contributed by atoms with E-state index in [2.05, 4.69) is 22.7 Å². The summed E-state index contributed by atoms with van der Waals surface area (Å²) in [7, 11) is 3.36. The fraction of sp³-hybridized carbons (Fsp3) is 0.500.